The molecule has 0 unspecified atom stereocenters. The summed E-state index contributed by atoms with van der Waals surface area (Å²) in [6.07, 6.45) is 0. The van der Waals surface area contributed by atoms with E-state index >= 15 is 0 Å². The molecular weight excluding hydrogens is 672 g/mol. The molecule has 0 aliphatic carbocycles. The fourth-order valence-electron chi connectivity index (χ4n) is 4.26. The van der Waals surface area contributed by atoms with E-state index in [1.165, 1.54) is 31.8 Å². The molecule has 0 fully saturated rings. The van der Waals surface area contributed by atoms with Crippen LogP contribution in [0.2, 0.25) is 0 Å². The minimum absolute atomic E-state index is 0.106. The van der Waals surface area contributed by atoms with Crippen LogP contribution in [-0.4, -0.2) is 0 Å². The van der Waals surface area contributed by atoms with Crippen LogP contribution in [-0.2, 0) is 15.9 Å². The van der Waals surface area contributed by atoms with Gasteiger partial charge in [-0.1, -0.05) is 121 Å². The Morgan fingerprint density at radius 1 is 0.341 bits per heavy atom. The molecule has 0 radical (unpaired) electrons. The third kappa shape index (κ3) is 9.74. The van der Waals surface area contributed by atoms with Crippen LogP contribution in [0.1, 0.15) is 0 Å². The van der Waals surface area contributed by atoms with Crippen molar-refractivity contribution in [2.24, 2.45) is 0 Å². The van der Waals surface area contributed by atoms with Gasteiger partial charge in [0.05, 0.1) is 0 Å². The summed E-state index contributed by atoms with van der Waals surface area (Å²) in [5.74, 6) is 0. The quantitative estimate of drug-likeness (QED) is 0.0944. The largest absolute Gasteiger partial charge is 0.184 e. The van der Waals surface area contributed by atoms with Gasteiger partial charge in [-0.05, 0) is 37.1 Å². The van der Waals surface area contributed by atoms with Gasteiger partial charge < -0.3 is 0 Å². The Balaban J connectivity index is 0.000000173. The molecule has 41 heavy (non-hydrogen) atoms. The summed E-state index contributed by atoms with van der Waals surface area (Å²) in [7, 11) is 8.70. The Kier molecular flexibility index (Phi) is 13.8. The van der Waals surface area contributed by atoms with Crippen LogP contribution >= 0.6 is 34.9 Å². The predicted octanol–water partition coefficient (Wildman–Crippen LogP) is 7.87. The Morgan fingerprint density at radius 3 is 0.756 bits per heavy atom. The maximum atomic E-state index is 4.81. The summed E-state index contributed by atoms with van der Waals surface area (Å²) < 4.78 is 0. The zero-order chi connectivity index (χ0) is 28.5. The number of hydrogen-bond acceptors (Lipinski definition) is 0. The molecule has 0 aliphatic rings. The van der Waals surface area contributed by atoms with Crippen molar-refractivity contribution in [2.45, 2.75) is 0 Å². The van der Waals surface area contributed by atoms with Crippen molar-refractivity contribution in [2.75, 3.05) is 0 Å². The SMILES string of the molecule is [Cl][Pd][Cl].[c-]1ccc(P(c2ccccc2)c2ccccc2)cc1.[c-]1ccc(P(c2ccccc2)c2ccccc2)cc1. The molecule has 0 amide bonds. The summed E-state index contributed by atoms with van der Waals surface area (Å²) in [6.45, 7) is 0. The third-order valence-corrected chi connectivity index (χ3v) is 10.9. The maximum Gasteiger partial charge on any atom is -0.0170 e. The first-order chi connectivity index (χ1) is 20.3. The van der Waals surface area contributed by atoms with E-state index in [9.17, 15) is 0 Å². The van der Waals surface area contributed by atoms with Crippen molar-refractivity contribution in [3.8, 4) is 0 Å². The van der Waals surface area contributed by atoms with Gasteiger partial charge in [-0.3, -0.25) is 0 Å². The summed E-state index contributed by atoms with van der Waals surface area (Å²) in [5, 5.41) is 8.27. The fraction of sp³-hybridized carbons (Fsp3) is 0. The van der Waals surface area contributed by atoms with Crippen molar-refractivity contribution < 1.29 is 15.9 Å². The van der Waals surface area contributed by atoms with Gasteiger partial charge in [-0.2, -0.15) is 60.7 Å². The minimum atomic E-state index is -0.466. The van der Waals surface area contributed by atoms with Gasteiger partial charge in [0.25, 0.3) is 0 Å². The van der Waals surface area contributed by atoms with E-state index in [4.69, 9.17) is 19.1 Å². The van der Waals surface area contributed by atoms with Gasteiger partial charge in [-0.15, -0.1) is 10.6 Å². The first-order valence-corrected chi connectivity index (χ1v) is 19.6. The second-order valence-electron chi connectivity index (χ2n) is 8.57. The van der Waals surface area contributed by atoms with E-state index in [0.29, 0.717) is 0 Å². The van der Waals surface area contributed by atoms with Crippen molar-refractivity contribution in [3.63, 3.8) is 0 Å². The van der Waals surface area contributed by atoms with Gasteiger partial charge in [-0.25, -0.2) is 0 Å². The van der Waals surface area contributed by atoms with Crippen LogP contribution in [0.3, 0.4) is 0 Å². The Labute approximate surface area is 263 Å². The zero-order valence-corrected chi connectivity index (χ0v) is 27.0. The van der Waals surface area contributed by atoms with Gasteiger partial charge in [0.2, 0.25) is 0 Å². The van der Waals surface area contributed by atoms with E-state index < -0.39 is 15.8 Å². The molecule has 208 valence electrons. The first kappa shape index (κ1) is 31.4. The average molecular weight is 700 g/mol. The van der Waals surface area contributed by atoms with Gasteiger partial charge in [0, 0.05) is 0 Å². The molecule has 0 atom stereocenters. The molecule has 6 rings (SSSR count). The smallest absolute Gasteiger partial charge is 0.0170 e. The zero-order valence-electron chi connectivity index (χ0n) is 22.1. The molecule has 0 heterocycles. The number of halogens is 2. The minimum Gasteiger partial charge on any atom is -0.184 e. The van der Waals surface area contributed by atoms with Crippen LogP contribution in [0.5, 0.6) is 0 Å². The van der Waals surface area contributed by atoms with Crippen molar-refractivity contribution >= 4 is 66.7 Å². The van der Waals surface area contributed by atoms with Crippen LogP contribution in [0, 0.1) is 12.1 Å². The van der Waals surface area contributed by atoms with E-state index in [-0.39, 0.29) is 15.9 Å². The summed E-state index contributed by atoms with van der Waals surface area (Å²) in [4.78, 5) is 0. The van der Waals surface area contributed by atoms with Crippen LogP contribution < -0.4 is 31.8 Å². The third-order valence-electron chi connectivity index (χ3n) is 5.98. The van der Waals surface area contributed by atoms with Crippen molar-refractivity contribution in [3.05, 3.63) is 182 Å². The molecule has 0 saturated carbocycles. The predicted molar refractivity (Wildman–Crippen MR) is 180 cm³/mol. The van der Waals surface area contributed by atoms with E-state index in [0.717, 1.165) is 0 Å². The molecule has 0 nitrogen and oxygen atoms in total. The monoisotopic (exact) mass is 698 g/mol. The molecule has 0 bridgehead atoms. The first-order valence-electron chi connectivity index (χ1n) is 12.9. The Bertz CT molecular complexity index is 1200. The van der Waals surface area contributed by atoms with Crippen molar-refractivity contribution in [1.82, 2.24) is 0 Å². The van der Waals surface area contributed by atoms with Gasteiger partial charge in [0.15, 0.2) is 0 Å². The normalized spacial score (nSPS) is 10.3. The van der Waals surface area contributed by atoms with E-state index in [1.54, 1.807) is 0 Å². The summed E-state index contributed by atoms with van der Waals surface area (Å²) in [6, 6.07) is 65.8. The number of hydrogen-bond donors (Lipinski definition) is 0. The second-order valence-corrected chi connectivity index (χ2v) is 15.4. The molecule has 0 saturated heterocycles. The molecule has 6 aromatic carbocycles. The van der Waals surface area contributed by atoms with Crippen LogP contribution in [0.25, 0.3) is 0 Å². The van der Waals surface area contributed by atoms with Gasteiger partial charge in [0.1, 0.15) is 0 Å². The van der Waals surface area contributed by atoms with Crippen LogP contribution in [0.15, 0.2) is 170 Å². The van der Waals surface area contributed by atoms with E-state index in [2.05, 4.69) is 158 Å². The number of benzene rings is 6. The molecular formula is C36H28Cl2P2Pd-2. The number of rotatable bonds is 6. The van der Waals surface area contributed by atoms with Crippen LogP contribution in [0.4, 0.5) is 0 Å². The molecule has 0 N–H and O–H groups in total. The van der Waals surface area contributed by atoms with Crippen molar-refractivity contribution in [1.29, 1.82) is 0 Å². The molecule has 0 spiro atoms. The summed E-state index contributed by atoms with van der Waals surface area (Å²) >= 11 is -0.106. The standard InChI is InChI=1S/2C18H14P.2ClH.Pd/c2*1-4-10-16(11-5-1)19(17-12-6-2-7-13-17)18-14-8-3-9-15-18;;;/h2*1-2,4-15H;2*1H;/q2*-1;;;+2/p-2. The molecule has 0 aliphatic heterocycles. The average Bonchev–Trinajstić information content (AvgIpc) is 3.05. The van der Waals surface area contributed by atoms with E-state index in [1.807, 2.05) is 24.3 Å². The topological polar surface area (TPSA) is 0 Å². The van der Waals surface area contributed by atoms with Gasteiger partial charge >= 0.3 is 35.0 Å². The second kappa shape index (κ2) is 18.1. The maximum absolute atomic E-state index is 4.81. The molecule has 0 aromatic heterocycles. The Hall–Kier alpha value is -2.58. The fourth-order valence-corrected chi connectivity index (χ4v) is 8.82. The molecule has 6 aromatic rings. The Morgan fingerprint density at radius 2 is 0.537 bits per heavy atom. The molecule has 5 heteroatoms. The summed E-state index contributed by atoms with van der Waals surface area (Å²) in [5.41, 5.74) is 0.